The second kappa shape index (κ2) is 4.39. The van der Waals surface area contributed by atoms with E-state index in [2.05, 4.69) is 21.7 Å². The third kappa shape index (κ3) is 2.02. The summed E-state index contributed by atoms with van der Waals surface area (Å²) < 4.78 is 1.24. The highest BCUT2D eigenvalue weighted by molar-refractivity contribution is 7.22. The number of para-hydroxylation sites is 1. The van der Waals surface area contributed by atoms with Crippen LogP contribution < -0.4 is 10.6 Å². The van der Waals surface area contributed by atoms with Crippen LogP contribution >= 0.6 is 11.3 Å². The van der Waals surface area contributed by atoms with Gasteiger partial charge >= 0.3 is 0 Å². The van der Waals surface area contributed by atoms with E-state index in [1.54, 1.807) is 11.3 Å². The summed E-state index contributed by atoms with van der Waals surface area (Å²) in [7, 11) is 1.94. The summed E-state index contributed by atoms with van der Waals surface area (Å²) in [6, 6.07) is 8.18. The van der Waals surface area contributed by atoms with Crippen molar-refractivity contribution < 1.29 is 0 Å². The lowest BCUT2D eigenvalue weighted by Crippen LogP contribution is -2.17. The Morgan fingerprint density at radius 1 is 1.29 bits per heavy atom. The van der Waals surface area contributed by atoms with Crippen LogP contribution in [0, 0.1) is 0 Å². The van der Waals surface area contributed by atoms with Crippen molar-refractivity contribution in [1.82, 2.24) is 10.3 Å². The van der Waals surface area contributed by atoms with Crippen molar-refractivity contribution in [2.24, 2.45) is 0 Å². The average molecular weight is 207 g/mol. The largest absolute Gasteiger partial charge is 0.360 e. The van der Waals surface area contributed by atoms with Gasteiger partial charge < -0.3 is 10.6 Å². The summed E-state index contributed by atoms with van der Waals surface area (Å²) in [4.78, 5) is 4.46. The molecule has 1 aromatic carbocycles. The predicted molar refractivity (Wildman–Crippen MR) is 62.0 cm³/mol. The topological polar surface area (TPSA) is 37.0 Å². The molecule has 0 bridgehead atoms. The van der Waals surface area contributed by atoms with Crippen LogP contribution in [0.25, 0.3) is 10.2 Å². The Balaban J connectivity index is 2.11. The van der Waals surface area contributed by atoms with Crippen molar-refractivity contribution in [3.05, 3.63) is 24.3 Å². The van der Waals surface area contributed by atoms with Crippen LogP contribution in [0.2, 0.25) is 0 Å². The molecule has 0 saturated carbocycles. The molecule has 0 atom stereocenters. The van der Waals surface area contributed by atoms with E-state index >= 15 is 0 Å². The number of nitrogens with zero attached hydrogens (tertiary/aromatic N) is 1. The quantitative estimate of drug-likeness (QED) is 0.752. The lowest BCUT2D eigenvalue weighted by molar-refractivity contribution is 0.823. The predicted octanol–water partition coefficient (Wildman–Crippen LogP) is 1.93. The van der Waals surface area contributed by atoms with Crippen molar-refractivity contribution in [1.29, 1.82) is 0 Å². The van der Waals surface area contributed by atoms with Crippen molar-refractivity contribution in [2.75, 3.05) is 25.5 Å². The summed E-state index contributed by atoms with van der Waals surface area (Å²) in [5, 5.41) is 7.37. The van der Waals surface area contributed by atoms with Gasteiger partial charge in [0.1, 0.15) is 0 Å². The molecule has 2 aromatic rings. The zero-order chi connectivity index (χ0) is 9.80. The molecule has 3 nitrogen and oxygen atoms in total. The first-order valence-electron chi connectivity index (χ1n) is 4.64. The molecule has 0 aliphatic rings. The van der Waals surface area contributed by atoms with Crippen molar-refractivity contribution in [3.63, 3.8) is 0 Å². The molecule has 74 valence electrons. The number of anilines is 1. The summed E-state index contributed by atoms with van der Waals surface area (Å²) in [5.41, 5.74) is 1.07. The number of rotatable bonds is 4. The van der Waals surface area contributed by atoms with Gasteiger partial charge in [-0.3, -0.25) is 0 Å². The third-order valence-electron chi connectivity index (χ3n) is 1.95. The molecule has 1 aromatic heterocycles. The number of hydrogen-bond donors (Lipinski definition) is 2. The minimum absolute atomic E-state index is 0.913. The van der Waals surface area contributed by atoms with Gasteiger partial charge in [-0.15, -0.1) is 0 Å². The minimum Gasteiger partial charge on any atom is -0.360 e. The van der Waals surface area contributed by atoms with E-state index in [1.165, 1.54) is 4.70 Å². The van der Waals surface area contributed by atoms with Gasteiger partial charge in [-0.2, -0.15) is 0 Å². The lowest BCUT2D eigenvalue weighted by Gasteiger charge is -1.99. The Hall–Kier alpha value is -1.13. The van der Waals surface area contributed by atoms with Gasteiger partial charge in [0.2, 0.25) is 0 Å². The molecular weight excluding hydrogens is 194 g/mol. The molecule has 0 amide bonds. The Bertz CT molecular complexity index is 377. The first kappa shape index (κ1) is 9.43. The van der Waals surface area contributed by atoms with E-state index in [4.69, 9.17) is 0 Å². The molecule has 0 spiro atoms. The van der Waals surface area contributed by atoms with Gasteiger partial charge in [-0.1, -0.05) is 23.5 Å². The van der Waals surface area contributed by atoms with E-state index in [9.17, 15) is 0 Å². The fourth-order valence-corrected chi connectivity index (χ4v) is 2.13. The van der Waals surface area contributed by atoms with Crippen molar-refractivity contribution >= 4 is 26.7 Å². The molecule has 0 aliphatic heterocycles. The molecule has 1 heterocycles. The molecule has 0 fully saturated rings. The van der Waals surface area contributed by atoms with Crippen LogP contribution in [-0.4, -0.2) is 25.1 Å². The Labute approximate surface area is 87.2 Å². The van der Waals surface area contributed by atoms with Gasteiger partial charge in [0.05, 0.1) is 10.2 Å². The summed E-state index contributed by atoms with van der Waals surface area (Å²) in [5.74, 6) is 0. The fraction of sp³-hybridized carbons (Fsp3) is 0.300. The van der Waals surface area contributed by atoms with Gasteiger partial charge in [-0.25, -0.2) is 4.98 Å². The number of hydrogen-bond acceptors (Lipinski definition) is 4. The van der Waals surface area contributed by atoms with Crippen molar-refractivity contribution in [2.45, 2.75) is 0 Å². The molecule has 14 heavy (non-hydrogen) atoms. The van der Waals surface area contributed by atoms with Crippen LogP contribution in [0.1, 0.15) is 0 Å². The molecular formula is C10H13N3S. The molecule has 2 rings (SSSR count). The molecule has 0 unspecified atom stereocenters. The monoisotopic (exact) mass is 207 g/mol. The van der Waals surface area contributed by atoms with E-state index in [0.717, 1.165) is 23.7 Å². The maximum atomic E-state index is 4.46. The maximum absolute atomic E-state index is 4.46. The zero-order valence-corrected chi connectivity index (χ0v) is 8.90. The highest BCUT2D eigenvalue weighted by atomic mass is 32.1. The van der Waals surface area contributed by atoms with E-state index in [1.807, 2.05) is 25.2 Å². The fourth-order valence-electron chi connectivity index (χ4n) is 1.24. The Morgan fingerprint density at radius 2 is 2.14 bits per heavy atom. The third-order valence-corrected chi connectivity index (χ3v) is 2.94. The van der Waals surface area contributed by atoms with Gasteiger partial charge in [-0.05, 0) is 19.2 Å². The minimum atomic E-state index is 0.913. The summed E-state index contributed by atoms with van der Waals surface area (Å²) >= 11 is 1.70. The smallest absolute Gasteiger partial charge is 0.183 e. The summed E-state index contributed by atoms with van der Waals surface area (Å²) in [6.07, 6.45) is 0. The molecule has 4 heteroatoms. The van der Waals surface area contributed by atoms with Gasteiger partial charge in [0.15, 0.2) is 5.13 Å². The van der Waals surface area contributed by atoms with E-state index in [0.29, 0.717) is 0 Å². The van der Waals surface area contributed by atoms with Gasteiger partial charge in [0.25, 0.3) is 0 Å². The number of aromatic nitrogens is 1. The first-order valence-corrected chi connectivity index (χ1v) is 5.46. The highest BCUT2D eigenvalue weighted by Crippen LogP contribution is 2.24. The summed E-state index contributed by atoms with van der Waals surface area (Å²) in [6.45, 7) is 1.87. The van der Waals surface area contributed by atoms with Crippen LogP contribution in [0.3, 0.4) is 0 Å². The molecule has 2 N–H and O–H groups in total. The lowest BCUT2D eigenvalue weighted by atomic mass is 10.3. The number of thiazole rings is 1. The number of nitrogens with one attached hydrogen (secondary N) is 2. The number of benzene rings is 1. The van der Waals surface area contributed by atoms with Crippen molar-refractivity contribution in [3.8, 4) is 0 Å². The molecule has 0 radical (unpaired) electrons. The standard InChI is InChI=1S/C10H13N3S/c1-11-6-7-12-10-13-8-4-2-3-5-9(8)14-10/h2-5,11H,6-7H2,1H3,(H,12,13). The average Bonchev–Trinajstić information content (AvgIpc) is 2.60. The van der Waals surface area contributed by atoms with E-state index in [-0.39, 0.29) is 0 Å². The number of fused-ring (bicyclic) bond motifs is 1. The van der Waals surface area contributed by atoms with Crippen LogP contribution in [-0.2, 0) is 0 Å². The van der Waals surface area contributed by atoms with Crippen LogP contribution in [0.4, 0.5) is 5.13 Å². The Kier molecular flexibility index (Phi) is 2.96. The molecule has 0 aliphatic carbocycles. The van der Waals surface area contributed by atoms with Crippen LogP contribution in [0.15, 0.2) is 24.3 Å². The second-order valence-electron chi connectivity index (χ2n) is 3.02. The first-order chi connectivity index (χ1) is 6.90. The normalized spacial score (nSPS) is 10.6. The van der Waals surface area contributed by atoms with Gasteiger partial charge in [0, 0.05) is 13.1 Å². The van der Waals surface area contributed by atoms with E-state index < -0.39 is 0 Å². The number of likely N-dealkylation sites (N-methyl/N-ethyl adjacent to an activating group) is 1. The maximum Gasteiger partial charge on any atom is 0.183 e. The Morgan fingerprint density at radius 3 is 2.93 bits per heavy atom. The SMILES string of the molecule is CNCCNc1nc2ccccc2s1. The van der Waals surface area contributed by atoms with Crippen LogP contribution in [0.5, 0.6) is 0 Å². The zero-order valence-electron chi connectivity index (χ0n) is 8.08. The highest BCUT2D eigenvalue weighted by Gasteiger charge is 2.00. The molecule has 0 saturated heterocycles. The second-order valence-corrected chi connectivity index (χ2v) is 4.05.